The first kappa shape index (κ1) is 23.2. The lowest BCUT2D eigenvalue weighted by Crippen LogP contribution is -2.46. The summed E-state index contributed by atoms with van der Waals surface area (Å²) in [5, 5.41) is 30.0. The smallest absolute Gasteiger partial charge is 0.334 e. The number of nitrogens with one attached hydrogen (secondary N) is 1. The lowest BCUT2D eigenvalue weighted by Gasteiger charge is -2.25. The summed E-state index contributed by atoms with van der Waals surface area (Å²) >= 11 is 0. The highest BCUT2D eigenvalue weighted by molar-refractivity contribution is 5.97. The number of unbranched alkanes of at least 4 members (excludes halogenated alkanes) is 2. The number of aromatic nitrogens is 2. The summed E-state index contributed by atoms with van der Waals surface area (Å²) in [6.07, 6.45) is 5.02. The quantitative estimate of drug-likeness (QED) is 0.397. The number of carbonyl (C=O) groups excluding carboxylic acids is 1. The summed E-state index contributed by atoms with van der Waals surface area (Å²) in [5.74, 6) is -4.12. The maximum atomic E-state index is 13.0. The molecule has 0 saturated heterocycles. The summed E-state index contributed by atoms with van der Waals surface area (Å²) in [4.78, 5) is 59.6. The van der Waals surface area contributed by atoms with Crippen molar-refractivity contribution in [2.24, 2.45) is 0 Å². The molecule has 1 aromatic rings. The molecule has 1 fully saturated rings. The van der Waals surface area contributed by atoms with E-state index in [9.17, 15) is 29.1 Å². The highest BCUT2D eigenvalue weighted by atomic mass is 16.4. The Morgan fingerprint density at radius 2 is 1.63 bits per heavy atom. The number of amides is 1. The van der Waals surface area contributed by atoms with Crippen LogP contribution in [0, 0.1) is 0 Å². The topological polar surface area (TPSA) is 168 Å². The molecule has 0 radical (unpaired) electrons. The van der Waals surface area contributed by atoms with Gasteiger partial charge in [-0.1, -0.05) is 25.7 Å². The van der Waals surface area contributed by atoms with Crippen LogP contribution in [0.5, 0.6) is 5.88 Å². The van der Waals surface area contributed by atoms with Crippen LogP contribution in [0.3, 0.4) is 0 Å². The highest BCUT2D eigenvalue weighted by Gasteiger charge is 2.28. The number of aromatic hydroxyl groups is 1. The number of hydrogen-bond donors (Lipinski definition) is 4. The van der Waals surface area contributed by atoms with E-state index < -0.39 is 53.1 Å². The SMILES string of the molecule is O=C(O)CCCCCn1c(O)c(C(=O)NCC(=O)O)c(=O)n(C2CCCCC2)c1=O. The van der Waals surface area contributed by atoms with E-state index >= 15 is 0 Å². The molecular weight excluding hydrogens is 398 g/mol. The van der Waals surface area contributed by atoms with E-state index in [2.05, 4.69) is 5.32 Å². The van der Waals surface area contributed by atoms with E-state index in [1.807, 2.05) is 0 Å². The first-order valence-electron chi connectivity index (χ1n) is 10.0. The van der Waals surface area contributed by atoms with Crippen molar-refractivity contribution < 1.29 is 29.7 Å². The van der Waals surface area contributed by atoms with Crippen molar-refractivity contribution in [2.75, 3.05) is 6.54 Å². The van der Waals surface area contributed by atoms with Crippen LogP contribution in [0.25, 0.3) is 0 Å². The molecule has 1 aromatic heterocycles. The van der Waals surface area contributed by atoms with Gasteiger partial charge in [0.05, 0.1) is 0 Å². The summed E-state index contributed by atoms with van der Waals surface area (Å²) < 4.78 is 1.93. The largest absolute Gasteiger partial charge is 0.494 e. The fourth-order valence-corrected chi connectivity index (χ4v) is 3.69. The molecule has 166 valence electrons. The third kappa shape index (κ3) is 5.71. The van der Waals surface area contributed by atoms with Crippen molar-refractivity contribution in [1.29, 1.82) is 0 Å². The van der Waals surface area contributed by atoms with Gasteiger partial charge in [-0.05, 0) is 25.7 Å². The number of nitrogens with zero attached hydrogens (tertiary/aromatic N) is 2. The number of aliphatic carboxylic acids is 2. The molecule has 1 saturated carbocycles. The van der Waals surface area contributed by atoms with Gasteiger partial charge >= 0.3 is 17.6 Å². The predicted octanol–water partition coefficient (Wildman–Crippen LogP) is 0.680. The Hall–Kier alpha value is -3.11. The molecule has 1 aliphatic carbocycles. The van der Waals surface area contributed by atoms with Crippen molar-refractivity contribution in [1.82, 2.24) is 14.5 Å². The average molecular weight is 425 g/mol. The maximum Gasteiger partial charge on any atom is 0.334 e. The Morgan fingerprint density at radius 3 is 2.23 bits per heavy atom. The van der Waals surface area contributed by atoms with Crippen LogP contribution in [0.15, 0.2) is 9.59 Å². The normalized spacial score (nSPS) is 14.4. The molecule has 11 nitrogen and oxygen atoms in total. The molecule has 1 aliphatic rings. The van der Waals surface area contributed by atoms with Gasteiger partial charge in [0.1, 0.15) is 6.54 Å². The molecule has 2 rings (SSSR count). The van der Waals surface area contributed by atoms with Crippen molar-refractivity contribution in [3.05, 3.63) is 26.4 Å². The molecule has 0 spiro atoms. The van der Waals surface area contributed by atoms with Gasteiger partial charge in [0.25, 0.3) is 11.5 Å². The molecule has 0 aromatic carbocycles. The number of rotatable bonds is 10. The Kier molecular flexibility index (Phi) is 8.19. The monoisotopic (exact) mass is 425 g/mol. The van der Waals surface area contributed by atoms with Crippen LogP contribution in [-0.2, 0) is 16.1 Å². The van der Waals surface area contributed by atoms with E-state index in [1.54, 1.807) is 0 Å². The minimum atomic E-state index is -1.32. The second-order valence-electron chi connectivity index (χ2n) is 7.38. The van der Waals surface area contributed by atoms with Crippen LogP contribution in [-0.4, -0.2) is 48.8 Å². The second kappa shape index (κ2) is 10.6. The third-order valence-electron chi connectivity index (χ3n) is 5.19. The minimum absolute atomic E-state index is 0.00348. The van der Waals surface area contributed by atoms with Crippen LogP contribution in [0.4, 0.5) is 0 Å². The Balaban J connectivity index is 2.40. The van der Waals surface area contributed by atoms with Crippen molar-refractivity contribution >= 4 is 17.8 Å². The molecule has 11 heteroatoms. The number of hydrogen-bond acceptors (Lipinski definition) is 6. The van der Waals surface area contributed by atoms with Gasteiger partial charge in [0, 0.05) is 19.0 Å². The lowest BCUT2D eigenvalue weighted by atomic mass is 9.95. The molecule has 0 bridgehead atoms. The predicted molar refractivity (Wildman–Crippen MR) is 105 cm³/mol. The zero-order chi connectivity index (χ0) is 22.3. The van der Waals surface area contributed by atoms with Gasteiger partial charge in [0.15, 0.2) is 5.56 Å². The second-order valence-corrected chi connectivity index (χ2v) is 7.38. The zero-order valence-corrected chi connectivity index (χ0v) is 16.6. The molecule has 0 aliphatic heterocycles. The van der Waals surface area contributed by atoms with E-state index in [-0.39, 0.29) is 13.0 Å². The van der Waals surface area contributed by atoms with Gasteiger partial charge in [-0.25, -0.2) is 4.79 Å². The van der Waals surface area contributed by atoms with E-state index in [0.717, 1.165) is 28.4 Å². The molecule has 1 amide bonds. The van der Waals surface area contributed by atoms with Crippen molar-refractivity contribution in [3.63, 3.8) is 0 Å². The van der Waals surface area contributed by atoms with E-state index in [4.69, 9.17) is 10.2 Å². The molecule has 4 N–H and O–H groups in total. The number of carboxylic acids is 2. The minimum Gasteiger partial charge on any atom is -0.494 e. The van der Waals surface area contributed by atoms with Crippen molar-refractivity contribution in [2.45, 2.75) is 70.4 Å². The summed E-state index contributed by atoms with van der Waals surface area (Å²) in [7, 11) is 0. The molecule has 1 heterocycles. The summed E-state index contributed by atoms with van der Waals surface area (Å²) in [6, 6.07) is -0.399. The molecular formula is C19H27N3O8. The number of carboxylic acid groups (broad SMARTS) is 2. The number of carbonyl (C=O) groups is 3. The van der Waals surface area contributed by atoms with Gasteiger partial charge in [-0.2, -0.15) is 0 Å². The lowest BCUT2D eigenvalue weighted by molar-refractivity contribution is -0.137. The maximum absolute atomic E-state index is 13.0. The Labute approximate surface area is 171 Å². The van der Waals surface area contributed by atoms with Crippen molar-refractivity contribution in [3.8, 4) is 5.88 Å². The summed E-state index contributed by atoms with van der Waals surface area (Å²) in [6.45, 7) is -0.744. The fraction of sp³-hybridized carbons (Fsp3) is 0.632. The van der Waals surface area contributed by atoms with Crippen LogP contribution in [0.1, 0.15) is 74.2 Å². The first-order valence-corrected chi connectivity index (χ1v) is 10.0. The summed E-state index contributed by atoms with van der Waals surface area (Å²) in [5.41, 5.74) is -2.32. The molecule has 0 atom stereocenters. The van der Waals surface area contributed by atoms with Crippen LogP contribution in [0.2, 0.25) is 0 Å². The third-order valence-corrected chi connectivity index (χ3v) is 5.19. The Morgan fingerprint density at radius 1 is 0.967 bits per heavy atom. The molecule has 30 heavy (non-hydrogen) atoms. The standard InChI is InChI=1S/C19H27N3O8/c23-13(24)9-5-2-6-10-21-17(28)15(16(27)20-11-14(25)26)18(29)22(19(21)30)12-7-3-1-4-8-12/h12,28H,1-11H2,(H,20,27)(H,23,24)(H,25,26). The Bertz CT molecular complexity index is 912. The van der Waals surface area contributed by atoms with E-state index in [0.29, 0.717) is 32.1 Å². The zero-order valence-electron chi connectivity index (χ0n) is 16.6. The first-order chi connectivity index (χ1) is 14.2. The van der Waals surface area contributed by atoms with Gasteiger partial charge in [-0.3, -0.25) is 28.3 Å². The van der Waals surface area contributed by atoms with E-state index in [1.165, 1.54) is 0 Å². The van der Waals surface area contributed by atoms with Gasteiger partial charge in [0.2, 0.25) is 5.88 Å². The average Bonchev–Trinajstić information content (AvgIpc) is 2.69. The van der Waals surface area contributed by atoms with Gasteiger partial charge < -0.3 is 20.6 Å². The van der Waals surface area contributed by atoms with Crippen LogP contribution >= 0.6 is 0 Å². The van der Waals surface area contributed by atoms with Crippen LogP contribution < -0.4 is 16.6 Å². The highest BCUT2D eigenvalue weighted by Crippen LogP contribution is 2.26. The molecule has 0 unspecified atom stereocenters. The fourth-order valence-electron chi connectivity index (χ4n) is 3.69. The van der Waals surface area contributed by atoms with Gasteiger partial charge in [-0.15, -0.1) is 0 Å².